The number of aromatic amines is 1. The van der Waals surface area contributed by atoms with E-state index >= 15 is 0 Å². The third-order valence-corrected chi connectivity index (χ3v) is 3.63. The Morgan fingerprint density at radius 1 is 1.29 bits per heavy atom. The zero-order chi connectivity index (χ0) is 15.4. The van der Waals surface area contributed by atoms with Gasteiger partial charge < -0.3 is 15.5 Å². The van der Waals surface area contributed by atoms with Gasteiger partial charge in [0.2, 0.25) is 0 Å². The van der Waals surface area contributed by atoms with Gasteiger partial charge in [-0.15, -0.1) is 0 Å². The van der Waals surface area contributed by atoms with Crippen molar-refractivity contribution in [3.05, 3.63) is 56.2 Å². The van der Waals surface area contributed by atoms with E-state index in [9.17, 15) is 4.79 Å². The van der Waals surface area contributed by atoms with Gasteiger partial charge in [-0.25, -0.2) is 4.98 Å². The fraction of sp³-hybridized carbons (Fsp3) is 0.333. The first-order valence-electron chi connectivity index (χ1n) is 6.68. The molecule has 2 rings (SSSR count). The van der Waals surface area contributed by atoms with E-state index in [-0.39, 0.29) is 12.2 Å². The van der Waals surface area contributed by atoms with Crippen LogP contribution in [0.15, 0.2) is 23.0 Å². The summed E-state index contributed by atoms with van der Waals surface area (Å²) in [4.78, 5) is 18.5. The first kappa shape index (κ1) is 15.5. The molecule has 1 aromatic carbocycles. The van der Waals surface area contributed by atoms with Gasteiger partial charge in [0.05, 0.1) is 0 Å². The first-order chi connectivity index (χ1) is 9.99. The zero-order valence-electron chi connectivity index (χ0n) is 12.1. The van der Waals surface area contributed by atoms with E-state index in [1.807, 2.05) is 26.0 Å². The van der Waals surface area contributed by atoms with Gasteiger partial charge in [-0.05, 0) is 43.7 Å². The van der Waals surface area contributed by atoms with Crippen LogP contribution >= 0.6 is 11.6 Å². The lowest BCUT2D eigenvalue weighted by Crippen LogP contribution is -2.16. The summed E-state index contributed by atoms with van der Waals surface area (Å²) in [6.45, 7) is 4.48. The van der Waals surface area contributed by atoms with Crippen molar-refractivity contribution < 1.29 is 4.74 Å². The molecule has 0 atom stereocenters. The van der Waals surface area contributed by atoms with Crippen LogP contribution in [0, 0.1) is 13.8 Å². The van der Waals surface area contributed by atoms with Crippen molar-refractivity contribution >= 4 is 11.6 Å². The summed E-state index contributed by atoms with van der Waals surface area (Å²) in [5.74, 6) is 1.18. The Morgan fingerprint density at radius 2 is 1.95 bits per heavy atom. The molecule has 0 saturated carbocycles. The summed E-state index contributed by atoms with van der Waals surface area (Å²) < 4.78 is 5.67. The molecule has 1 aromatic heterocycles. The molecule has 0 amide bonds. The first-order valence-corrected chi connectivity index (χ1v) is 7.06. The number of H-pyrrole nitrogens is 1. The molecule has 0 fully saturated rings. The van der Waals surface area contributed by atoms with Gasteiger partial charge in [0, 0.05) is 23.2 Å². The Balaban J connectivity index is 2.14. The van der Waals surface area contributed by atoms with E-state index < -0.39 is 0 Å². The molecule has 0 aliphatic carbocycles. The fourth-order valence-electron chi connectivity index (χ4n) is 2.05. The number of nitrogens with one attached hydrogen (secondary N) is 1. The molecule has 0 aliphatic heterocycles. The van der Waals surface area contributed by atoms with E-state index in [1.165, 1.54) is 6.07 Å². The maximum atomic E-state index is 11.5. The van der Waals surface area contributed by atoms with Crippen LogP contribution in [0.1, 0.15) is 22.6 Å². The molecule has 0 aliphatic rings. The van der Waals surface area contributed by atoms with Crippen molar-refractivity contribution in [2.75, 3.05) is 6.54 Å². The molecule has 0 radical (unpaired) electrons. The third kappa shape index (κ3) is 4.06. The molecule has 112 valence electrons. The van der Waals surface area contributed by atoms with E-state index in [0.29, 0.717) is 30.2 Å². The molecular weight excluding hydrogens is 290 g/mol. The van der Waals surface area contributed by atoms with Gasteiger partial charge >= 0.3 is 0 Å². The minimum atomic E-state index is -0.199. The van der Waals surface area contributed by atoms with Crippen LogP contribution in [0.25, 0.3) is 0 Å². The lowest BCUT2D eigenvalue weighted by Gasteiger charge is -2.10. The van der Waals surface area contributed by atoms with Crippen molar-refractivity contribution in [2.45, 2.75) is 26.9 Å². The van der Waals surface area contributed by atoms with E-state index in [0.717, 1.165) is 16.1 Å². The van der Waals surface area contributed by atoms with Crippen LogP contribution < -0.4 is 16.0 Å². The van der Waals surface area contributed by atoms with Crippen LogP contribution in [-0.4, -0.2) is 16.5 Å². The SMILES string of the molecule is Cc1cc(OCc2nc(CCN)cc(=O)[nH]2)cc(C)c1Cl. The molecule has 0 unspecified atom stereocenters. The normalized spacial score (nSPS) is 10.7. The van der Waals surface area contributed by atoms with Crippen molar-refractivity contribution in [1.82, 2.24) is 9.97 Å². The molecule has 3 N–H and O–H groups in total. The quantitative estimate of drug-likeness (QED) is 0.886. The summed E-state index contributed by atoms with van der Waals surface area (Å²) in [6.07, 6.45) is 0.566. The summed E-state index contributed by atoms with van der Waals surface area (Å²) in [5.41, 5.74) is 7.85. The molecule has 5 nitrogen and oxygen atoms in total. The van der Waals surface area contributed by atoms with Gasteiger partial charge in [-0.1, -0.05) is 11.6 Å². The number of hydrogen-bond acceptors (Lipinski definition) is 4. The second-order valence-corrected chi connectivity index (χ2v) is 5.26. The summed E-state index contributed by atoms with van der Waals surface area (Å²) in [7, 11) is 0. The minimum absolute atomic E-state index is 0.189. The predicted molar refractivity (Wildman–Crippen MR) is 82.9 cm³/mol. The number of nitrogens with zero attached hydrogens (tertiary/aromatic N) is 1. The highest BCUT2D eigenvalue weighted by atomic mass is 35.5. The highest BCUT2D eigenvalue weighted by Crippen LogP contribution is 2.26. The van der Waals surface area contributed by atoms with E-state index in [4.69, 9.17) is 22.1 Å². The van der Waals surface area contributed by atoms with Gasteiger partial charge in [0.25, 0.3) is 5.56 Å². The van der Waals surface area contributed by atoms with Crippen molar-refractivity contribution in [3.8, 4) is 5.75 Å². The number of nitrogens with two attached hydrogens (primary N) is 1. The average molecular weight is 308 g/mol. The van der Waals surface area contributed by atoms with Crippen LogP contribution in [-0.2, 0) is 13.0 Å². The second-order valence-electron chi connectivity index (χ2n) is 4.88. The Morgan fingerprint density at radius 3 is 2.57 bits per heavy atom. The number of halogens is 1. The number of hydrogen-bond donors (Lipinski definition) is 2. The summed E-state index contributed by atoms with van der Waals surface area (Å²) in [6, 6.07) is 5.17. The summed E-state index contributed by atoms with van der Waals surface area (Å²) in [5, 5.41) is 0.735. The average Bonchev–Trinajstić information content (AvgIpc) is 2.42. The van der Waals surface area contributed by atoms with E-state index in [1.54, 1.807) is 0 Å². The largest absolute Gasteiger partial charge is 0.486 e. The van der Waals surface area contributed by atoms with Gasteiger partial charge in [-0.3, -0.25) is 4.79 Å². The highest BCUT2D eigenvalue weighted by molar-refractivity contribution is 6.32. The maximum Gasteiger partial charge on any atom is 0.251 e. The molecule has 2 aromatic rings. The van der Waals surface area contributed by atoms with E-state index in [2.05, 4.69) is 9.97 Å². The molecule has 0 spiro atoms. The Hall–Kier alpha value is -1.85. The Kier molecular flexibility index (Phi) is 4.98. The van der Waals surface area contributed by atoms with Gasteiger partial charge in [-0.2, -0.15) is 0 Å². The number of aryl methyl sites for hydroxylation is 2. The summed E-state index contributed by atoms with van der Waals surface area (Å²) >= 11 is 6.12. The maximum absolute atomic E-state index is 11.5. The van der Waals surface area contributed by atoms with Crippen molar-refractivity contribution in [2.24, 2.45) is 5.73 Å². The van der Waals surface area contributed by atoms with Crippen molar-refractivity contribution in [1.29, 1.82) is 0 Å². The standard InChI is InChI=1S/C15H18ClN3O2/c1-9-5-12(6-10(2)15(9)16)21-8-13-18-11(3-4-17)7-14(20)19-13/h5-7H,3-4,8,17H2,1-2H3,(H,18,19,20). The predicted octanol–water partition coefficient (Wildman–Crippen LogP) is 2.12. The molecule has 1 heterocycles. The number of benzene rings is 1. The van der Waals surface area contributed by atoms with Crippen LogP contribution in [0.3, 0.4) is 0 Å². The monoisotopic (exact) mass is 307 g/mol. The molecule has 6 heteroatoms. The third-order valence-electron chi connectivity index (χ3n) is 3.03. The molecule has 0 saturated heterocycles. The minimum Gasteiger partial charge on any atom is -0.486 e. The smallest absolute Gasteiger partial charge is 0.251 e. The zero-order valence-corrected chi connectivity index (χ0v) is 12.8. The Labute approximate surface area is 128 Å². The van der Waals surface area contributed by atoms with Crippen LogP contribution in [0.4, 0.5) is 0 Å². The lowest BCUT2D eigenvalue weighted by molar-refractivity contribution is 0.294. The van der Waals surface area contributed by atoms with Gasteiger partial charge in [0.1, 0.15) is 18.2 Å². The van der Waals surface area contributed by atoms with Crippen LogP contribution in [0.5, 0.6) is 5.75 Å². The number of rotatable bonds is 5. The second kappa shape index (κ2) is 6.74. The molecule has 21 heavy (non-hydrogen) atoms. The number of ether oxygens (including phenoxy) is 1. The van der Waals surface area contributed by atoms with Crippen LogP contribution in [0.2, 0.25) is 5.02 Å². The lowest BCUT2D eigenvalue weighted by atomic mass is 10.1. The molecular formula is C15H18ClN3O2. The molecule has 0 bridgehead atoms. The van der Waals surface area contributed by atoms with Crippen molar-refractivity contribution in [3.63, 3.8) is 0 Å². The topological polar surface area (TPSA) is 81.0 Å². The Bertz CT molecular complexity index is 675. The number of aromatic nitrogens is 2. The fourth-order valence-corrected chi connectivity index (χ4v) is 2.16. The van der Waals surface area contributed by atoms with Gasteiger partial charge in [0.15, 0.2) is 0 Å². The highest BCUT2D eigenvalue weighted by Gasteiger charge is 2.06.